The Labute approximate surface area is 134 Å². The summed E-state index contributed by atoms with van der Waals surface area (Å²) in [7, 11) is 0. The van der Waals surface area contributed by atoms with Crippen molar-refractivity contribution in [2.75, 3.05) is 31.1 Å². The highest BCUT2D eigenvalue weighted by molar-refractivity contribution is 5.63. The van der Waals surface area contributed by atoms with Crippen LogP contribution in [0.4, 0.5) is 20.2 Å². The minimum absolute atomic E-state index is 0.0258. The third kappa shape index (κ3) is 3.29. The van der Waals surface area contributed by atoms with Gasteiger partial charge in [0.2, 0.25) is 0 Å². The second kappa shape index (κ2) is 6.39. The maximum atomic E-state index is 14.1. The van der Waals surface area contributed by atoms with Gasteiger partial charge >= 0.3 is 0 Å². The monoisotopic (exact) mass is 325 g/mol. The summed E-state index contributed by atoms with van der Waals surface area (Å²) in [6, 6.07) is 5.94. The van der Waals surface area contributed by atoms with Crippen LogP contribution in [-0.4, -0.2) is 48.0 Å². The van der Waals surface area contributed by atoms with Crippen LogP contribution < -0.4 is 4.90 Å². The summed E-state index contributed by atoms with van der Waals surface area (Å²) < 4.78 is 28.2. The van der Waals surface area contributed by atoms with E-state index in [9.17, 15) is 18.9 Å². The number of hydrogen-bond acceptors (Lipinski definition) is 4. The van der Waals surface area contributed by atoms with Gasteiger partial charge in [0.1, 0.15) is 5.69 Å². The fourth-order valence-corrected chi connectivity index (χ4v) is 3.69. The number of alkyl halides is 2. The Kier molecular flexibility index (Phi) is 4.48. The zero-order valence-corrected chi connectivity index (χ0v) is 13.0. The topological polar surface area (TPSA) is 49.6 Å². The molecule has 23 heavy (non-hydrogen) atoms. The summed E-state index contributed by atoms with van der Waals surface area (Å²) in [6.45, 7) is 2.12. The lowest BCUT2D eigenvalue weighted by Gasteiger charge is -2.44. The first-order chi connectivity index (χ1) is 11.0. The van der Waals surface area contributed by atoms with E-state index in [2.05, 4.69) is 0 Å². The third-order valence-electron chi connectivity index (χ3n) is 4.90. The van der Waals surface area contributed by atoms with E-state index in [0.717, 1.165) is 6.42 Å². The molecule has 1 aromatic rings. The van der Waals surface area contributed by atoms with E-state index in [0.29, 0.717) is 44.7 Å². The van der Waals surface area contributed by atoms with Gasteiger partial charge in [-0.1, -0.05) is 18.6 Å². The number of nitrogens with zero attached hydrogens (tertiary/aromatic N) is 3. The van der Waals surface area contributed by atoms with Crippen molar-refractivity contribution in [2.24, 2.45) is 0 Å². The van der Waals surface area contributed by atoms with Crippen molar-refractivity contribution in [3.05, 3.63) is 34.4 Å². The number of anilines is 1. The van der Waals surface area contributed by atoms with Gasteiger partial charge in [-0.05, 0) is 18.9 Å². The average Bonchev–Trinajstić information content (AvgIpc) is 2.55. The van der Waals surface area contributed by atoms with Crippen molar-refractivity contribution in [3.63, 3.8) is 0 Å². The van der Waals surface area contributed by atoms with Crippen LogP contribution in [0.25, 0.3) is 0 Å². The van der Waals surface area contributed by atoms with Crippen LogP contribution in [-0.2, 0) is 0 Å². The van der Waals surface area contributed by atoms with Gasteiger partial charge < -0.3 is 4.90 Å². The van der Waals surface area contributed by atoms with Crippen LogP contribution in [0.5, 0.6) is 0 Å². The zero-order valence-electron chi connectivity index (χ0n) is 13.0. The van der Waals surface area contributed by atoms with Crippen molar-refractivity contribution < 1.29 is 13.7 Å². The Morgan fingerprint density at radius 3 is 2.48 bits per heavy atom. The van der Waals surface area contributed by atoms with Crippen molar-refractivity contribution >= 4 is 11.4 Å². The van der Waals surface area contributed by atoms with E-state index < -0.39 is 16.9 Å². The van der Waals surface area contributed by atoms with E-state index in [1.165, 1.54) is 6.07 Å². The zero-order chi connectivity index (χ0) is 16.4. The molecule has 1 saturated heterocycles. The smallest absolute Gasteiger partial charge is 0.292 e. The normalized spacial score (nSPS) is 25.3. The molecule has 5 nitrogen and oxygen atoms in total. The van der Waals surface area contributed by atoms with Gasteiger partial charge in [0.15, 0.2) is 0 Å². The van der Waals surface area contributed by atoms with Gasteiger partial charge in [-0.2, -0.15) is 0 Å². The lowest BCUT2D eigenvalue weighted by molar-refractivity contribution is -0.384. The number of para-hydroxylation sites is 2. The molecule has 7 heteroatoms. The van der Waals surface area contributed by atoms with Crippen LogP contribution in [0.3, 0.4) is 0 Å². The Morgan fingerprint density at radius 2 is 1.83 bits per heavy atom. The van der Waals surface area contributed by atoms with Gasteiger partial charge in [-0.25, -0.2) is 8.78 Å². The SMILES string of the molecule is O=[N+]([O-])c1ccccc1N1CCN(C2CCCCC2(F)F)CC1. The minimum atomic E-state index is -2.61. The van der Waals surface area contributed by atoms with Gasteiger partial charge in [-0.15, -0.1) is 0 Å². The number of nitro groups is 1. The standard InChI is InChI=1S/C16H21F2N3O2/c17-16(18)8-4-3-7-15(16)20-11-9-19(10-12-20)13-5-1-2-6-14(13)21(22)23/h1-2,5-6,15H,3-4,7-12H2. The van der Waals surface area contributed by atoms with Crippen molar-refractivity contribution in [1.82, 2.24) is 4.90 Å². The number of hydrogen-bond donors (Lipinski definition) is 0. The summed E-state index contributed by atoms with van der Waals surface area (Å²) in [6.07, 6.45) is 1.96. The molecule has 0 aromatic heterocycles. The van der Waals surface area contributed by atoms with E-state index in [-0.39, 0.29) is 12.1 Å². The van der Waals surface area contributed by atoms with Gasteiger partial charge in [0.25, 0.3) is 11.6 Å². The predicted molar refractivity (Wildman–Crippen MR) is 84.1 cm³/mol. The second-order valence-electron chi connectivity index (χ2n) is 6.29. The quantitative estimate of drug-likeness (QED) is 0.632. The van der Waals surface area contributed by atoms with Gasteiger partial charge in [0, 0.05) is 38.7 Å². The van der Waals surface area contributed by atoms with Crippen LogP contribution in [0.15, 0.2) is 24.3 Å². The molecule has 1 aromatic carbocycles. The molecule has 0 bridgehead atoms. The van der Waals surface area contributed by atoms with E-state index in [1.807, 2.05) is 9.80 Å². The number of halogens is 2. The van der Waals surface area contributed by atoms with Crippen LogP contribution in [0, 0.1) is 10.1 Å². The molecule has 1 aliphatic heterocycles. The lowest BCUT2D eigenvalue weighted by Crippen LogP contribution is -2.56. The molecule has 1 saturated carbocycles. The average molecular weight is 325 g/mol. The summed E-state index contributed by atoms with van der Waals surface area (Å²) in [4.78, 5) is 14.5. The van der Waals surface area contributed by atoms with E-state index in [4.69, 9.17) is 0 Å². The first-order valence-corrected chi connectivity index (χ1v) is 8.09. The highest BCUT2D eigenvalue weighted by Crippen LogP contribution is 2.37. The molecular weight excluding hydrogens is 304 g/mol. The fraction of sp³-hybridized carbons (Fsp3) is 0.625. The molecule has 0 spiro atoms. The molecule has 0 N–H and O–H groups in total. The van der Waals surface area contributed by atoms with Crippen molar-refractivity contribution in [3.8, 4) is 0 Å². The Balaban J connectivity index is 1.68. The Morgan fingerprint density at radius 1 is 1.13 bits per heavy atom. The van der Waals surface area contributed by atoms with Crippen molar-refractivity contribution in [2.45, 2.75) is 37.6 Å². The molecule has 0 radical (unpaired) electrons. The van der Waals surface area contributed by atoms with E-state index >= 15 is 0 Å². The number of rotatable bonds is 3. The molecule has 1 unspecified atom stereocenters. The van der Waals surface area contributed by atoms with Crippen LogP contribution in [0.2, 0.25) is 0 Å². The maximum Gasteiger partial charge on any atom is 0.292 e. The molecule has 126 valence electrons. The Bertz CT molecular complexity index is 574. The second-order valence-corrected chi connectivity index (χ2v) is 6.29. The molecule has 2 fully saturated rings. The minimum Gasteiger partial charge on any atom is -0.363 e. The summed E-state index contributed by atoms with van der Waals surface area (Å²) in [5.74, 6) is -2.61. The van der Waals surface area contributed by atoms with Crippen molar-refractivity contribution in [1.29, 1.82) is 0 Å². The highest BCUT2D eigenvalue weighted by atomic mass is 19.3. The Hall–Kier alpha value is -1.76. The first kappa shape index (κ1) is 16.1. The van der Waals surface area contributed by atoms with Gasteiger partial charge in [0.05, 0.1) is 11.0 Å². The van der Waals surface area contributed by atoms with E-state index in [1.54, 1.807) is 18.2 Å². The molecule has 0 amide bonds. The summed E-state index contributed by atoms with van der Waals surface area (Å²) in [5.41, 5.74) is 0.650. The molecular formula is C16H21F2N3O2. The molecule has 1 heterocycles. The van der Waals surface area contributed by atoms with Crippen LogP contribution >= 0.6 is 0 Å². The number of benzene rings is 1. The molecule has 2 aliphatic rings. The highest BCUT2D eigenvalue weighted by Gasteiger charge is 2.45. The van der Waals surface area contributed by atoms with Gasteiger partial charge in [-0.3, -0.25) is 15.0 Å². The van der Waals surface area contributed by atoms with Crippen LogP contribution in [0.1, 0.15) is 25.7 Å². The number of piperazine rings is 1. The largest absolute Gasteiger partial charge is 0.363 e. The summed E-state index contributed by atoms with van der Waals surface area (Å²) >= 11 is 0. The fourth-order valence-electron chi connectivity index (χ4n) is 3.69. The molecule has 1 atom stereocenters. The summed E-state index contributed by atoms with van der Waals surface area (Å²) in [5, 5.41) is 11.1. The first-order valence-electron chi connectivity index (χ1n) is 8.09. The molecule has 1 aliphatic carbocycles. The number of nitro benzene ring substituents is 1. The third-order valence-corrected chi connectivity index (χ3v) is 4.90. The maximum absolute atomic E-state index is 14.1. The molecule has 3 rings (SSSR count). The lowest BCUT2D eigenvalue weighted by atomic mass is 9.90. The predicted octanol–water partition coefficient (Wildman–Crippen LogP) is 3.29.